The highest BCUT2D eigenvalue weighted by Crippen LogP contribution is 2.31. The molecule has 0 aliphatic heterocycles. The topological polar surface area (TPSA) is 29.3 Å². The van der Waals surface area contributed by atoms with Gasteiger partial charge in [-0.2, -0.15) is 0 Å². The number of para-hydroxylation sites is 1. The average Bonchev–Trinajstić information content (AvgIpc) is 2.32. The lowest BCUT2D eigenvalue weighted by molar-refractivity contribution is 1.21. The van der Waals surface area contributed by atoms with Gasteiger partial charge < -0.3 is 10.6 Å². The molecular weight excluding hydrogens is 264 g/mol. The standard InChI is InChI=1S/C13H13BrN2/c1-16(11-5-3-2-4-6-11)13-9-10(14)7-8-12(13)15/h2-9H,15H2,1H3. The Morgan fingerprint density at radius 3 is 2.44 bits per heavy atom. The highest BCUT2D eigenvalue weighted by atomic mass is 79.9. The van der Waals surface area contributed by atoms with Crippen molar-refractivity contribution >= 4 is 33.0 Å². The highest BCUT2D eigenvalue weighted by Gasteiger charge is 2.07. The van der Waals surface area contributed by atoms with E-state index in [0.29, 0.717) is 0 Å². The molecule has 0 aliphatic rings. The minimum Gasteiger partial charge on any atom is -0.397 e. The van der Waals surface area contributed by atoms with Crippen LogP contribution in [0.25, 0.3) is 0 Å². The Kier molecular flexibility index (Phi) is 3.15. The van der Waals surface area contributed by atoms with Gasteiger partial charge >= 0.3 is 0 Å². The molecule has 3 heteroatoms. The summed E-state index contributed by atoms with van der Waals surface area (Å²) in [6.07, 6.45) is 0. The monoisotopic (exact) mass is 276 g/mol. The van der Waals surface area contributed by atoms with Gasteiger partial charge in [0.05, 0.1) is 11.4 Å². The minimum absolute atomic E-state index is 0.773. The summed E-state index contributed by atoms with van der Waals surface area (Å²) in [4.78, 5) is 2.07. The molecule has 0 aromatic heterocycles. The maximum absolute atomic E-state index is 5.97. The van der Waals surface area contributed by atoms with Crippen molar-refractivity contribution in [2.75, 3.05) is 17.7 Å². The molecule has 2 N–H and O–H groups in total. The van der Waals surface area contributed by atoms with E-state index in [1.54, 1.807) is 0 Å². The van der Waals surface area contributed by atoms with Crippen LogP contribution < -0.4 is 10.6 Å². The van der Waals surface area contributed by atoms with Crippen LogP contribution in [0.15, 0.2) is 53.0 Å². The molecule has 2 aromatic rings. The SMILES string of the molecule is CN(c1ccccc1)c1cc(Br)ccc1N. The molecule has 2 nitrogen and oxygen atoms in total. The molecule has 2 rings (SSSR count). The quantitative estimate of drug-likeness (QED) is 0.846. The second kappa shape index (κ2) is 4.58. The van der Waals surface area contributed by atoms with E-state index in [1.165, 1.54) is 0 Å². The van der Waals surface area contributed by atoms with E-state index in [-0.39, 0.29) is 0 Å². The van der Waals surface area contributed by atoms with Crippen molar-refractivity contribution in [3.05, 3.63) is 53.0 Å². The smallest absolute Gasteiger partial charge is 0.0653 e. The van der Waals surface area contributed by atoms with Gasteiger partial charge in [-0.3, -0.25) is 0 Å². The molecule has 0 amide bonds. The molecule has 0 fully saturated rings. The molecule has 0 aliphatic carbocycles. The minimum atomic E-state index is 0.773. The summed E-state index contributed by atoms with van der Waals surface area (Å²) in [5.41, 5.74) is 8.86. The third-order valence-electron chi connectivity index (χ3n) is 2.50. The van der Waals surface area contributed by atoms with Gasteiger partial charge in [0.25, 0.3) is 0 Å². The van der Waals surface area contributed by atoms with Crippen molar-refractivity contribution in [3.8, 4) is 0 Å². The fourth-order valence-corrected chi connectivity index (χ4v) is 1.95. The van der Waals surface area contributed by atoms with Gasteiger partial charge in [-0.05, 0) is 30.3 Å². The number of rotatable bonds is 2. The van der Waals surface area contributed by atoms with E-state index >= 15 is 0 Å². The molecule has 82 valence electrons. The number of benzene rings is 2. The van der Waals surface area contributed by atoms with E-state index in [4.69, 9.17) is 5.73 Å². The van der Waals surface area contributed by atoms with Crippen LogP contribution in [0.1, 0.15) is 0 Å². The molecule has 0 heterocycles. The molecule has 0 saturated carbocycles. The van der Waals surface area contributed by atoms with Gasteiger partial charge in [-0.1, -0.05) is 34.1 Å². The van der Waals surface area contributed by atoms with E-state index in [1.807, 2.05) is 43.4 Å². The van der Waals surface area contributed by atoms with Crippen molar-refractivity contribution in [3.63, 3.8) is 0 Å². The Labute approximate surface area is 104 Å². The van der Waals surface area contributed by atoms with Crippen LogP contribution in [0.2, 0.25) is 0 Å². The number of halogens is 1. The molecule has 0 saturated heterocycles. The van der Waals surface area contributed by atoms with Crippen LogP contribution in [0.4, 0.5) is 17.1 Å². The number of nitrogen functional groups attached to an aromatic ring is 1. The van der Waals surface area contributed by atoms with Crippen LogP contribution in [0, 0.1) is 0 Å². The van der Waals surface area contributed by atoms with Crippen molar-refractivity contribution in [2.45, 2.75) is 0 Å². The third-order valence-corrected chi connectivity index (χ3v) is 2.99. The molecule has 0 atom stereocenters. The molecule has 0 radical (unpaired) electrons. The summed E-state index contributed by atoms with van der Waals surface area (Å²) < 4.78 is 1.03. The predicted octanol–water partition coefficient (Wildman–Crippen LogP) is 3.80. The zero-order valence-electron chi connectivity index (χ0n) is 9.02. The summed E-state index contributed by atoms with van der Waals surface area (Å²) in [6.45, 7) is 0. The van der Waals surface area contributed by atoms with Crippen LogP contribution in [0.5, 0.6) is 0 Å². The van der Waals surface area contributed by atoms with Crippen molar-refractivity contribution in [1.82, 2.24) is 0 Å². The fraction of sp³-hybridized carbons (Fsp3) is 0.0769. The van der Waals surface area contributed by atoms with Gasteiger partial charge in [0.1, 0.15) is 0 Å². The fourth-order valence-electron chi connectivity index (χ4n) is 1.60. The lowest BCUT2D eigenvalue weighted by Gasteiger charge is -2.21. The maximum atomic E-state index is 5.97. The number of nitrogens with zero attached hydrogens (tertiary/aromatic N) is 1. The lowest BCUT2D eigenvalue weighted by Crippen LogP contribution is -2.11. The Bertz CT molecular complexity index is 483. The van der Waals surface area contributed by atoms with Gasteiger partial charge in [-0.25, -0.2) is 0 Å². The van der Waals surface area contributed by atoms with Crippen LogP contribution in [0.3, 0.4) is 0 Å². The molecule has 0 bridgehead atoms. The van der Waals surface area contributed by atoms with E-state index < -0.39 is 0 Å². The summed E-state index contributed by atoms with van der Waals surface area (Å²) in [6, 6.07) is 16.0. The largest absolute Gasteiger partial charge is 0.397 e. The highest BCUT2D eigenvalue weighted by molar-refractivity contribution is 9.10. The zero-order chi connectivity index (χ0) is 11.5. The van der Waals surface area contributed by atoms with Crippen LogP contribution >= 0.6 is 15.9 Å². The summed E-state index contributed by atoms with van der Waals surface area (Å²) >= 11 is 3.45. The van der Waals surface area contributed by atoms with Gasteiger partial charge in [0.15, 0.2) is 0 Å². The van der Waals surface area contributed by atoms with Crippen LogP contribution in [-0.4, -0.2) is 7.05 Å². The predicted molar refractivity (Wildman–Crippen MR) is 73.1 cm³/mol. The normalized spacial score (nSPS) is 10.1. The Balaban J connectivity index is 2.41. The van der Waals surface area contributed by atoms with E-state index in [9.17, 15) is 0 Å². The van der Waals surface area contributed by atoms with E-state index in [0.717, 1.165) is 21.5 Å². The molecule has 2 aromatic carbocycles. The number of anilines is 3. The number of nitrogens with two attached hydrogens (primary N) is 1. The maximum Gasteiger partial charge on any atom is 0.0653 e. The Hall–Kier alpha value is -1.48. The Morgan fingerprint density at radius 1 is 1.06 bits per heavy atom. The lowest BCUT2D eigenvalue weighted by atomic mass is 10.2. The van der Waals surface area contributed by atoms with Gasteiger partial charge in [0, 0.05) is 17.2 Å². The average molecular weight is 277 g/mol. The van der Waals surface area contributed by atoms with Crippen LogP contribution in [-0.2, 0) is 0 Å². The van der Waals surface area contributed by atoms with Crippen molar-refractivity contribution in [1.29, 1.82) is 0 Å². The molecular formula is C13H13BrN2. The summed E-state index contributed by atoms with van der Waals surface area (Å²) in [5, 5.41) is 0. The molecule has 0 spiro atoms. The first-order chi connectivity index (χ1) is 7.68. The second-order valence-electron chi connectivity index (χ2n) is 3.60. The summed E-state index contributed by atoms with van der Waals surface area (Å²) in [5.74, 6) is 0. The molecule has 16 heavy (non-hydrogen) atoms. The summed E-state index contributed by atoms with van der Waals surface area (Å²) in [7, 11) is 2.01. The van der Waals surface area contributed by atoms with Crippen molar-refractivity contribution < 1.29 is 0 Å². The first-order valence-corrected chi connectivity index (χ1v) is 5.81. The number of hydrogen-bond acceptors (Lipinski definition) is 2. The Morgan fingerprint density at radius 2 is 1.75 bits per heavy atom. The zero-order valence-corrected chi connectivity index (χ0v) is 10.6. The van der Waals surface area contributed by atoms with Gasteiger partial charge in [-0.15, -0.1) is 0 Å². The first kappa shape index (κ1) is 11.0. The molecule has 0 unspecified atom stereocenters. The van der Waals surface area contributed by atoms with Crippen molar-refractivity contribution in [2.24, 2.45) is 0 Å². The van der Waals surface area contributed by atoms with E-state index in [2.05, 4.69) is 33.0 Å². The first-order valence-electron chi connectivity index (χ1n) is 5.02. The third kappa shape index (κ3) is 2.19. The second-order valence-corrected chi connectivity index (χ2v) is 4.51. The number of hydrogen-bond donors (Lipinski definition) is 1. The van der Waals surface area contributed by atoms with Gasteiger partial charge in [0.2, 0.25) is 0 Å².